The molecule has 0 saturated carbocycles. The average Bonchev–Trinajstić information content (AvgIpc) is 2.70. The zero-order chi connectivity index (χ0) is 12.4. The highest BCUT2D eigenvalue weighted by Gasteiger charge is 2.16. The lowest BCUT2D eigenvalue weighted by Gasteiger charge is -2.07. The molecule has 1 aromatic heterocycles. The Morgan fingerprint density at radius 1 is 1.35 bits per heavy atom. The summed E-state index contributed by atoms with van der Waals surface area (Å²) in [4.78, 5) is 0. The van der Waals surface area contributed by atoms with Gasteiger partial charge in [-0.2, -0.15) is 0 Å². The number of aromatic nitrogens is 1. The molecule has 2 aromatic rings. The van der Waals surface area contributed by atoms with Gasteiger partial charge in [-0.1, -0.05) is 16.8 Å². The number of nitrogens with two attached hydrogens (primary N) is 1. The van der Waals surface area contributed by atoms with Crippen LogP contribution in [0, 0.1) is 13.8 Å². The SMILES string of the molecule is COc1ccc(C)cc1-c1noc(CN)c1C. The number of hydrogen-bond donors (Lipinski definition) is 1. The molecule has 0 amide bonds. The van der Waals surface area contributed by atoms with Crippen LogP contribution in [-0.4, -0.2) is 12.3 Å². The van der Waals surface area contributed by atoms with E-state index >= 15 is 0 Å². The Morgan fingerprint density at radius 3 is 2.71 bits per heavy atom. The van der Waals surface area contributed by atoms with Gasteiger partial charge in [0.1, 0.15) is 11.4 Å². The first-order valence-electron chi connectivity index (χ1n) is 5.47. The molecule has 4 heteroatoms. The molecular weight excluding hydrogens is 216 g/mol. The van der Waals surface area contributed by atoms with Crippen LogP contribution in [0.15, 0.2) is 22.7 Å². The van der Waals surface area contributed by atoms with Gasteiger partial charge in [0.05, 0.1) is 13.7 Å². The molecule has 0 fully saturated rings. The summed E-state index contributed by atoms with van der Waals surface area (Å²) < 4.78 is 10.5. The molecule has 0 aliphatic rings. The topological polar surface area (TPSA) is 61.3 Å². The van der Waals surface area contributed by atoms with Crippen LogP contribution in [-0.2, 0) is 6.54 Å². The summed E-state index contributed by atoms with van der Waals surface area (Å²) in [6, 6.07) is 5.96. The monoisotopic (exact) mass is 232 g/mol. The van der Waals surface area contributed by atoms with E-state index in [4.69, 9.17) is 15.0 Å². The molecule has 90 valence electrons. The van der Waals surface area contributed by atoms with Gasteiger partial charge in [0, 0.05) is 11.1 Å². The molecule has 1 heterocycles. The lowest BCUT2D eigenvalue weighted by molar-refractivity contribution is 0.384. The van der Waals surface area contributed by atoms with Crippen LogP contribution in [0.4, 0.5) is 0 Å². The average molecular weight is 232 g/mol. The largest absolute Gasteiger partial charge is 0.496 e. The summed E-state index contributed by atoms with van der Waals surface area (Å²) >= 11 is 0. The number of aryl methyl sites for hydroxylation is 1. The minimum absolute atomic E-state index is 0.354. The number of nitrogens with zero attached hydrogens (tertiary/aromatic N) is 1. The van der Waals surface area contributed by atoms with Gasteiger partial charge in [0.15, 0.2) is 5.76 Å². The first-order valence-corrected chi connectivity index (χ1v) is 5.47. The van der Waals surface area contributed by atoms with Crippen LogP contribution in [0.3, 0.4) is 0 Å². The van der Waals surface area contributed by atoms with Crippen LogP contribution < -0.4 is 10.5 Å². The Hall–Kier alpha value is -1.81. The number of benzene rings is 1. The van der Waals surface area contributed by atoms with Gasteiger partial charge in [0.25, 0.3) is 0 Å². The van der Waals surface area contributed by atoms with E-state index in [1.54, 1.807) is 7.11 Å². The molecule has 0 aliphatic heterocycles. The molecular formula is C13H16N2O2. The lowest BCUT2D eigenvalue weighted by atomic mass is 10.0. The van der Waals surface area contributed by atoms with Gasteiger partial charge >= 0.3 is 0 Å². The normalized spacial score (nSPS) is 10.6. The highest BCUT2D eigenvalue weighted by atomic mass is 16.5. The van der Waals surface area contributed by atoms with Crippen molar-refractivity contribution < 1.29 is 9.26 Å². The first kappa shape index (κ1) is 11.7. The van der Waals surface area contributed by atoms with Crippen molar-refractivity contribution in [2.45, 2.75) is 20.4 Å². The summed E-state index contributed by atoms with van der Waals surface area (Å²) in [5.74, 6) is 1.50. The number of rotatable bonds is 3. The van der Waals surface area contributed by atoms with E-state index in [2.05, 4.69) is 5.16 Å². The van der Waals surface area contributed by atoms with E-state index in [-0.39, 0.29) is 0 Å². The van der Waals surface area contributed by atoms with Crippen LogP contribution in [0.25, 0.3) is 11.3 Å². The third kappa shape index (κ3) is 2.03. The van der Waals surface area contributed by atoms with Crippen molar-refractivity contribution >= 4 is 0 Å². The van der Waals surface area contributed by atoms with E-state index in [0.717, 1.165) is 28.1 Å². The van der Waals surface area contributed by atoms with Gasteiger partial charge in [0.2, 0.25) is 0 Å². The fraction of sp³-hybridized carbons (Fsp3) is 0.308. The summed E-state index contributed by atoms with van der Waals surface area (Å²) in [6.45, 7) is 4.34. The van der Waals surface area contributed by atoms with Crippen LogP contribution in [0.5, 0.6) is 5.75 Å². The third-order valence-electron chi connectivity index (χ3n) is 2.82. The molecule has 17 heavy (non-hydrogen) atoms. The van der Waals surface area contributed by atoms with Crippen LogP contribution in [0.2, 0.25) is 0 Å². The summed E-state index contributed by atoms with van der Waals surface area (Å²) in [7, 11) is 1.65. The van der Waals surface area contributed by atoms with E-state index in [0.29, 0.717) is 12.3 Å². The Kier molecular flexibility index (Phi) is 3.15. The number of ether oxygens (including phenoxy) is 1. The zero-order valence-electron chi connectivity index (χ0n) is 10.3. The molecule has 0 bridgehead atoms. The maximum absolute atomic E-state index is 5.58. The van der Waals surface area contributed by atoms with Gasteiger partial charge < -0.3 is 15.0 Å². The molecule has 0 atom stereocenters. The van der Waals surface area contributed by atoms with Crippen molar-refractivity contribution in [1.82, 2.24) is 5.16 Å². The van der Waals surface area contributed by atoms with Crippen molar-refractivity contribution in [3.8, 4) is 17.0 Å². The quantitative estimate of drug-likeness (QED) is 0.882. The Labute approximate surface area is 100 Å². The van der Waals surface area contributed by atoms with E-state index in [1.807, 2.05) is 32.0 Å². The predicted molar refractivity (Wildman–Crippen MR) is 65.9 cm³/mol. The first-order chi connectivity index (χ1) is 8.17. The van der Waals surface area contributed by atoms with Crippen molar-refractivity contribution in [3.05, 3.63) is 35.1 Å². The summed E-state index contributed by atoms with van der Waals surface area (Å²) in [5.41, 5.74) is 9.43. The molecule has 0 radical (unpaired) electrons. The highest BCUT2D eigenvalue weighted by molar-refractivity contribution is 5.70. The molecule has 4 nitrogen and oxygen atoms in total. The van der Waals surface area contributed by atoms with Crippen LogP contribution in [0.1, 0.15) is 16.9 Å². The second-order valence-electron chi connectivity index (χ2n) is 3.99. The van der Waals surface area contributed by atoms with Gasteiger partial charge in [-0.3, -0.25) is 0 Å². The second kappa shape index (κ2) is 4.59. The van der Waals surface area contributed by atoms with E-state index in [9.17, 15) is 0 Å². The Bertz CT molecular complexity index is 532. The smallest absolute Gasteiger partial charge is 0.153 e. The molecule has 2 rings (SSSR count). The van der Waals surface area contributed by atoms with Gasteiger partial charge in [-0.25, -0.2) is 0 Å². The summed E-state index contributed by atoms with van der Waals surface area (Å²) in [6.07, 6.45) is 0. The van der Waals surface area contributed by atoms with Crippen molar-refractivity contribution in [1.29, 1.82) is 0 Å². The third-order valence-corrected chi connectivity index (χ3v) is 2.82. The predicted octanol–water partition coefficient (Wildman–Crippen LogP) is 2.43. The molecule has 0 aliphatic carbocycles. The lowest BCUT2D eigenvalue weighted by Crippen LogP contribution is -1.96. The minimum Gasteiger partial charge on any atom is -0.496 e. The van der Waals surface area contributed by atoms with E-state index in [1.165, 1.54) is 0 Å². The van der Waals surface area contributed by atoms with Crippen molar-refractivity contribution in [2.24, 2.45) is 5.73 Å². The maximum atomic E-state index is 5.58. The molecule has 1 aromatic carbocycles. The molecule has 0 unspecified atom stereocenters. The Morgan fingerprint density at radius 2 is 2.12 bits per heavy atom. The van der Waals surface area contributed by atoms with Crippen LogP contribution >= 0.6 is 0 Å². The molecule has 2 N–H and O–H groups in total. The fourth-order valence-corrected chi connectivity index (χ4v) is 1.82. The van der Waals surface area contributed by atoms with Gasteiger partial charge in [-0.15, -0.1) is 0 Å². The summed E-state index contributed by atoms with van der Waals surface area (Å²) in [5, 5.41) is 4.07. The fourth-order valence-electron chi connectivity index (χ4n) is 1.82. The number of methoxy groups -OCH3 is 1. The molecule has 0 spiro atoms. The van der Waals surface area contributed by atoms with Crippen molar-refractivity contribution in [3.63, 3.8) is 0 Å². The van der Waals surface area contributed by atoms with Gasteiger partial charge in [-0.05, 0) is 26.0 Å². The highest BCUT2D eigenvalue weighted by Crippen LogP contribution is 2.33. The zero-order valence-corrected chi connectivity index (χ0v) is 10.3. The number of hydrogen-bond acceptors (Lipinski definition) is 4. The maximum Gasteiger partial charge on any atom is 0.153 e. The standard InChI is InChI=1S/C13H16N2O2/c1-8-4-5-11(16-3)10(6-8)13-9(2)12(7-14)17-15-13/h4-6H,7,14H2,1-3H3. The minimum atomic E-state index is 0.354. The van der Waals surface area contributed by atoms with Crippen molar-refractivity contribution in [2.75, 3.05) is 7.11 Å². The second-order valence-corrected chi connectivity index (χ2v) is 3.99. The van der Waals surface area contributed by atoms with E-state index < -0.39 is 0 Å². The Balaban J connectivity index is 2.58. The molecule has 0 saturated heterocycles.